The Balaban J connectivity index is 1.95. The molecular formula is C16H17NO5. The molecule has 1 amide bonds. The highest BCUT2D eigenvalue weighted by Crippen LogP contribution is 2.41. The van der Waals surface area contributed by atoms with Crippen molar-refractivity contribution in [3.63, 3.8) is 0 Å². The van der Waals surface area contributed by atoms with Crippen LogP contribution in [0.4, 0.5) is 4.79 Å². The van der Waals surface area contributed by atoms with Crippen molar-refractivity contribution in [1.29, 1.82) is 0 Å². The second-order valence-corrected chi connectivity index (χ2v) is 5.48. The van der Waals surface area contributed by atoms with Crippen LogP contribution in [0.1, 0.15) is 18.4 Å². The van der Waals surface area contributed by atoms with Crippen LogP contribution in [-0.4, -0.2) is 47.9 Å². The van der Waals surface area contributed by atoms with Gasteiger partial charge in [-0.25, -0.2) is 9.59 Å². The number of likely N-dealkylation sites (tertiary alicyclic amines) is 1. The fourth-order valence-electron chi connectivity index (χ4n) is 2.97. The maximum Gasteiger partial charge on any atom is 0.407 e. The predicted octanol–water partition coefficient (Wildman–Crippen LogP) is 2.15. The number of carbonyl (C=O) groups is 2. The van der Waals surface area contributed by atoms with Gasteiger partial charge in [-0.3, -0.25) is 0 Å². The van der Waals surface area contributed by atoms with E-state index in [2.05, 4.69) is 0 Å². The summed E-state index contributed by atoms with van der Waals surface area (Å²) in [5.74, 6) is 0.227. The zero-order valence-electron chi connectivity index (χ0n) is 12.2. The Morgan fingerprint density at radius 3 is 2.59 bits per heavy atom. The molecule has 6 nitrogen and oxygen atoms in total. The molecule has 2 heterocycles. The van der Waals surface area contributed by atoms with Gasteiger partial charge in [0.1, 0.15) is 11.4 Å². The summed E-state index contributed by atoms with van der Waals surface area (Å²) in [7, 11) is 1.35. The summed E-state index contributed by atoms with van der Waals surface area (Å²) < 4.78 is 11.0. The summed E-state index contributed by atoms with van der Waals surface area (Å²) in [4.78, 5) is 24.5. The van der Waals surface area contributed by atoms with Crippen LogP contribution in [-0.2, 0) is 9.53 Å². The van der Waals surface area contributed by atoms with Gasteiger partial charge in [0.2, 0.25) is 0 Å². The number of esters is 1. The molecule has 22 heavy (non-hydrogen) atoms. The van der Waals surface area contributed by atoms with Crippen LogP contribution in [0.2, 0.25) is 0 Å². The smallest absolute Gasteiger partial charge is 0.407 e. The van der Waals surface area contributed by atoms with E-state index in [1.807, 2.05) is 24.3 Å². The van der Waals surface area contributed by atoms with Crippen LogP contribution in [0.5, 0.6) is 5.75 Å². The number of carboxylic acid groups (broad SMARTS) is 1. The molecule has 0 radical (unpaired) electrons. The number of nitrogens with zero attached hydrogens (tertiary/aromatic N) is 1. The van der Waals surface area contributed by atoms with Gasteiger partial charge in [0.15, 0.2) is 0 Å². The fraction of sp³-hybridized carbons (Fsp3) is 0.375. The average molecular weight is 303 g/mol. The van der Waals surface area contributed by atoms with Gasteiger partial charge in [0.25, 0.3) is 0 Å². The Labute approximate surface area is 127 Å². The van der Waals surface area contributed by atoms with Crippen molar-refractivity contribution in [3.8, 4) is 5.75 Å². The standard InChI is InChI=1S/C16H17NO5/c1-21-14(18)12-10-16(6-8-17(9-7-16)15(19)20)22-13-5-3-2-4-11(12)13/h2-5,10H,6-9H2,1H3,(H,19,20). The summed E-state index contributed by atoms with van der Waals surface area (Å²) in [5.41, 5.74) is 0.540. The molecule has 6 heteroatoms. The molecular weight excluding hydrogens is 286 g/mol. The zero-order chi connectivity index (χ0) is 15.7. The number of ether oxygens (including phenoxy) is 2. The number of hydrogen-bond acceptors (Lipinski definition) is 4. The van der Waals surface area contributed by atoms with Crippen LogP contribution >= 0.6 is 0 Å². The van der Waals surface area contributed by atoms with Gasteiger partial charge in [-0.1, -0.05) is 18.2 Å². The lowest BCUT2D eigenvalue weighted by Gasteiger charge is -2.41. The lowest BCUT2D eigenvalue weighted by Crippen LogP contribution is -2.49. The maximum absolute atomic E-state index is 12.1. The van der Waals surface area contributed by atoms with Gasteiger partial charge in [-0.15, -0.1) is 0 Å². The van der Waals surface area contributed by atoms with Crippen molar-refractivity contribution in [2.24, 2.45) is 0 Å². The van der Waals surface area contributed by atoms with Crippen molar-refractivity contribution >= 4 is 17.6 Å². The number of fused-ring (bicyclic) bond motifs is 1. The second-order valence-electron chi connectivity index (χ2n) is 5.48. The average Bonchev–Trinajstić information content (AvgIpc) is 2.53. The number of hydrogen-bond donors (Lipinski definition) is 1. The van der Waals surface area contributed by atoms with Gasteiger partial charge < -0.3 is 19.5 Å². The Kier molecular flexibility index (Phi) is 3.52. The third kappa shape index (κ3) is 2.41. The zero-order valence-corrected chi connectivity index (χ0v) is 12.2. The first-order valence-electron chi connectivity index (χ1n) is 7.12. The summed E-state index contributed by atoms with van der Waals surface area (Å²) in [6, 6.07) is 7.32. The number of carbonyl (C=O) groups excluding carboxylic acids is 1. The minimum absolute atomic E-state index is 0.377. The highest BCUT2D eigenvalue weighted by atomic mass is 16.5. The molecule has 116 valence electrons. The number of benzene rings is 1. The molecule has 0 bridgehead atoms. The third-order valence-corrected chi connectivity index (χ3v) is 4.18. The number of amides is 1. The highest BCUT2D eigenvalue weighted by Gasteiger charge is 2.41. The minimum Gasteiger partial charge on any atom is -0.482 e. The van der Waals surface area contributed by atoms with Gasteiger partial charge in [-0.05, 0) is 12.1 Å². The van der Waals surface area contributed by atoms with E-state index in [1.165, 1.54) is 12.0 Å². The molecule has 0 atom stereocenters. The van der Waals surface area contributed by atoms with Gasteiger partial charge in [0, 0.05) is 31.5 Å². The molecule has 1 aromatic rings. The molecule has 2 aliphatic heterocycles. The van der Waals surface area contributed by atoms with Crippen LogP contribution in [0.25, 0.3) is 5.57 Å². The fourth-order valence-corrected chi connectivity index (χ4v) is 2.97. The van der Waals surface area contributed by atoms with Gasteiger partial charge in [0.05, 0.1) is 12.7 Å². The molecule has 0 aliphatic carbocycles. The first-order valence-corrected chi connectivity index (χ1v) is 7.12. The van der Waals surface area contributed by atoms with E-state index in [9.17, 15) is 9.59 Å². The molecule has 0 unspecified atom stereocenters. The normalized spacial score (nSPS) is 19.0. The number of methoxy groups -OCH3 is 1. The van der Waals surface area contributed by atoms with E-state index >= 15 is 0 Å². The van der Waals surface area contributed by atoms with Gasteiger partial charge in [-0.2, -0.15) is 0 Å². The highest BCUT2D eigenvalue weighted by molar-refractivity contribution is 6.17. The van der Waals surface area contributed by atoms with Crippen molar-refractivity contribution in [2.75, 3.05) is 20.2 Å². The van der Waals surface area contributed by atoms with Crippen LogP contribution in [0, 0.1) is 0 Å². The predicted molar refractivity (Wildman–Crippen MR) is 78.6 cm³/mol. The SMILES string of the molecule is COC(=O)C1=CC2(CCN(C(=O)O)CC2)Oc2ccccc21. The van der Waals surface area contributed by atoms with Crippen LogP contribution < -0.4 is 4.74 Å². The summed E-state index contributed by atoms with van der Waals surface area (Å²) in [5, 5.41) is 9.06. The molecule has 0 saturated carbocycles. The number of para-hydroxylation sites is 1. The monoisotopic (exact) mass is 303 g/mol. The third-order valence-electron chi connectivity index (χ3n) is 4.18. The van der Waals surface area contributed by atoms with Crippen LogP contribution in [0.15, 0.2) is 30.3 Å². The molecule has 1 N–H and O–H groups in total. The molecule has 1 aromatic carbocycles. The van der Waals surface area contributed by atoms with E-state index in [-0.39, 0.29) is 0 Å². The Morgan fingerprint density at radius 1 is 1.27 bits per heavy atom. The summed E-state index contributed by atoms with van der Waals surface area (Å²) in [6.07, 6.45) is 1.88. The van der Waals surface area contributed by atoms with Crippen molar-refractivity contribution in [1.82, 2.24) is 4.90 Å². The molecule has 2 aliphatic rings. The lowest BCUT2D eigenvalue weighted by molar-refractivity contribution is -0.133. The quantitative estimate of drug-likeness (QED) is 0.804. The maximum atomic E-state index is 12.1. The Bertz CT molecular complexity index is 644. The second kappa shape index (κ2) is 5.36. The van der Waals surface area contributed by atoms with E-state index in [1.54, 1.807) is 6.08 Å². The molecule has 1 saturated heterocycles. The van der Waals surface area contributed by atoms with Gasteiger partial charge >= 0.3 is 12.1 Å². The first kappa shape index (κ1) is 14.4. The topological polar surface area (TPSA) is 76.1 Å². The molecule has 3 rings (SSSR count). The number of piperidine rings is 1. The largest absolute Gasteiger partial charge is 0.482 e. The number of rotatable bonds is 1. The van der Waals surface area contributed by atoms with Crippen molar-refractivity contribution in [2.45, 2.75) is 18.4 Å². The minimum atomic E-state index is -0.928. The van der Waals surface area contributed by atoms with E-state index in [4.69, 9.17) is 14.6 Å². The summed E-state index contributed by atoms with van der Waals surface area (Å²) in [6.45, 7) is 0.755. The van der Waals surface area contributed by atoms with E-state index < -0.39 is 17.7 Å². The molecule has 1 fully saturated rings. The lowest BCUT2D eigenvalue weighted by atomic mass is 9.85. The van der Waals surface area contributed by atoms with Crippen LogP contribution in [0.3, 0.4) is 0 Å². The Morgan fingerprint density at radius 2 is 1.95 bits per heavy atom. The summed E-state index contributed by atoms with van der Waals surface area (Å²) >= 11 is 0. The van der Waals surface area contributed by atoms with Crippen molar-refractivity contribution in [3.05, 3.63) is 35.9 Å². The van der Waals surface area contributed by atoms with Crippen molar-refractivity contribution < 1.29 is 24.2 Å². The van der Waals surface area contributed by atoms with E-state index in [0.29, 0.717) is 42.8 Å². The molecule has 0 aromatic heterocycles. The first-order chi connectivity index (χ1) is 10.5. The molecule has 1 spiro atoms. The Hall–Kier alpha value is -2.50. The van der Waals surface area contributed by atoms with E-state index in [0.717, 1.165) is 0 Å².